The van der Waals surface area contributed by atoms with Gasteiger partial charge in [-0.1, -0.05) is 11.3 Å². The minimum atomic E-state index is -0.153. The van der Waals surface area contributed by atoms with Crippen molar-refractivity contribution >= 4 is 67.6 Å². The van der Waals surface area contributed by atoms with Gasteiger partial charge in [-0.3, -0.25) is 9.59 Å². The Balaban J connectivity index is 1.32. The number of thiazole rings is 1. The molecular formula is C27H24N8O2S2. The molecule has 0 radical (unpaired) electrons. The quantitative estimate of drug-likeness (QED) is 0.247. The molecule has 0 bridgehead atoms. The fraction of sp³-hybridized carbons (Fsp3) is 0.185. The summed E-state index contributed by atoms with van der Waals surface area (Å²) in [5.41, 5.74) is 6.46. The molecule has 6 rings (SSSR count). The minimum Gasteiger partial charge on any atom is -0.355 e. The fourth-order valence-electron chi connectivity index (χ4n) is 4.36. The third kappa shape index (κ3) is 5.29. The molecular weight excluding hydrogens is 532 g/mol. The van der Waals surface area contributed by atoms with Crippen LogP contribution in [0.1, 0.15) is 33.0 Å². The molecule has 196 valence electrons. The van der Waals surface area contributed by atoms with Gasteiger partial charge < -0.3 is 20.9 Å². The first-order valence-electron chi connectivity index (χ1n) is 12.4. The lowest BCUT2D eigenvalue weighted by Gasteiger charge is -2.14. The van der Waals surface area contributed by atoms with Gasteiger partial charge in [0.15, 0.2) is 5.01 Å². The second kappa shape index (κ2) is 10.8. The lowest BCUT2D eigenvalue weighted by Crippen LogP contribution is -2.27. The Morgan fingerprint density at radius 1 is 0.923 bits per heavy atom. The number of benzene rings is 2. The van der Waals surface area contributed by atoms with Crippen LogP contribution in [0.4, 0.5) is 22.9 Å². The highest BCUT2D eigenvalue weighted by Gasteiger charge is 2.24. The maximum absolute atomic E-state index is 12.9. The van der Waals surface area contributed by atoms with Gasteiger partial charge in [0.1, 0.15) is 5.82 Å². The Labute approximate surface area is 232 Å². The van der Waals surface area contributed by atoms with Crippen LogP contribution in [-0.4, -0.2) is 57.0 Å². The maximum atomic E-state index is 12.9. The molecule has 2 amide bonds. The van der Waals surface area contributed by atoms with Crippen molar-refractivity contribution in [3.8, 4) is 10.6 Å². The van der Waals surface area contributed by atoms with Crippen molar-refractivity contribution < 1.29 is 9.59 Å². The summed E-state index contributed by atoms with van der Waals surface area (Å²) < 4.78 is 1.08. The van der Waals surface area contributed by atoms with Crippen LogP contribution in [0.3, 0.4) is 0 Å². The van der Waals surface area contributed by atoms with E-state index in [1.807, 2.05) is 46.8 Å². The second-order valence-electron chi connectivity index (χ2n) is 8.97. The van der Waals surface area contributed by atoms with Crippen LogP contribution >= 0.6 is 22.7 Å². The standard InChI is InChI=1S/C27H24N8O2S2/c1-28-24(36)16-4-6-17(7-5-16)31-21-13-23(32-18-8-9-20-22(12-18)38-15-30-20)29-14-19(21)25-33-34-26(39-25)27(37)35-10-2-3-11-35/h4-9,12-15H,2-3,10-11H2,1H3,(H,28,36)(H2,29,31,32). The zero-order valence-corrected chi connectivity index (χ0v) is 22.6. The van der Waals surface area contributed by atoms with E-state index in [2.05, 4.69) is 36.1 Å². The van der Waals surface area contributed by atoms with E-state index in [0.717, 1.165) is 53.2 Å². The van der Waals surface area contributed by atoms with Crippen molar-refractivity contribution in [2.24, 2.45) is 0 Å². The monoisotopic (exact) mass is 556 g/mol. The molecule has 1 aliphatic heterocycles. The second-order valence-corrected chi connectivity index (χ2v) is 10.8. The number of hydrogen-bond donors (Lipinski definition) is 3. The van der Waals surface area contributed by atoms with Gasteiger partial charge in [-0.25, -0.2) is 9.97 Å². The number of aromatic nitrogens is 4. The van der Waals surface area contributed by atoms with E-state index in [9.17, 15) is 9.59 Å². The molecule has 3 aromatic heterocycles. The van der Waals surface area contributed by atoms with E-state index in [-0.39, 0.29) is 11.8 Å². The predicted octanol–water partition coefficient (Wildman–Crippen LogP) is 5.29. The van der Waals surface area contributed by atoms with Gasteiger partial charge in [0.05, 0.1) is 27.0 Å². The number of rotatable bonds is 7. The summed E-state index contributed by atoms with van der Waals surface area (Å²) in [6, 6.07) is 15.0. The molecule has 0 atom stereocenters. The van der Waals surface area contributed by atoms with Gasteiger partial charge in [0, 0.05) is 49.3 Å². The summed E-state index contributed by atoms with van der Waals surface area (Å²) in [5, 5.41) is 18.9. The summed E-state index contributed by atoms with van der Waals surface area (Å²) in [7, 11) is 1.60. The molecule has 1 saturated heterocycles. The number of nitrogens with one attached hydrogen (secondary N) is 3. The van der Waals surface area contributed by atoms with Crippen LogP contribution in [0.5, 0.6) is 0 Å². The SMILES string of the molecule is CNC(=O)c1ccc(Nc2cc(Nc3ccc4ncsc4c3)ncc2-c2nnc(C(=O)N3CCCC3)s2)cc1. The van der Waals surface area contributed by atoms with Gasteiger partial charge in [-0.2, -0.15) is 0 Å². The third-order valence-corrected chi connectivity index (χ3v) is 8.13. The van der Waals surface area contributed by atoms with Gasteiger partial charge >= 0.3 is 0 Å². The van der Waals surface area contributed by atoms with Gasteiger partial charge in [-0.15, -0.1) is 21.5 Å². The van der Waals surface area contributed by atoms with E-state index in [1.54, 1.807) is 36.7 Å². The highest BCUT2D eigenvalue weighted by molar-refractivity contribution is 7.17. The summed E-state index contributed by atoms with van der Waals surface area (Å²) >= 11 is 2.83. The molecule has 1 fully saturated rings. The largest absolute Gasteiger partial charge is 0.355 e. The number of carbonyl (C=O) groups is 2. The first-order valence-corrected chi connectivity index (χ1v) is 14.1. The van der Waals surface area contributed by atoms with Gasteiger partial charge in [0.2, 0.25) is 5.01 Å². The Bertz CT molecular complexity index is 1660. The van der Waals surface area contributed by atoms with Crippen LogP contribution < -0.4 is 16.0 Å². The molecule has 0 saturated carbocycles. The summed E-state index contributed by atoms with van der Waals surface area (Å²) in [6.45, 7) is 1.50. The molecule has 1 aliphatic rings. The van der Waals surface area contributed by atoms with Crippen molar-refractivity contribution in [2.45, 2.75) is 12.8 Å². The molecule has 4 heterocycles. The minimum absolute atomic E-state index is 0.0831. The van der Waals surface area contributed by atoms with Crippen molar-refractivity contribution in [3.05, 3.63) is 70.8 Å². The number of hydrogen-bond acceptors (Lipinski definition) is 10. The van der Waals surface area contributed by atoms with Crippen LogP contribution in [0.25, 0.3) is 20.8 Å². The normalized spacial score (nSPS) is 13.0. The highest BCUT2D eigenvalue weighted by atomic mass is 32.1. The molecule has 0 unspecified atom stereocenters. The number of pyridine rings is 1. The fourth-order valence-corrected chi connectivity index (χ4v) is 5.91. The number of likely N-dealkylation sites (tertiary alicyclic amines) is 1. The van der Waals surface area contributed by atoms with Crippen LogP contribution in [0.15, 0.2) is 60.2 Å². The summed E-state index contributed by atoms with van der Waals surface area (Å²) in [4.78, 5) is 35.6. The topological polar surface area (TPSA) is 125 Å². The highest BCUT2D eigenvalue weighted by Crippen LogP contribution is 2.35. The van der Waals surface area contributed by atoms with Crippen LogP contribution in [-0.2, 0) is 0 Å². The molecule has 3 N–H and O–H groups in total. The lowest BCUT2D eigenvalue weighted by atomic mass is 10.1. The van der Waals surface area contributed by atoms with Crippen LogP contribution in [0.2, 0.25) is 0 Å². The molecule has 10 nitrogen and oxygen atoms in total. The Morgan fingerprint density at radius 3 is 2.51 bits per heavy atom. The zero-order chi connectivity index (χ0) is 26.8. The maximum Gasteiger partial charge on any atom is 0.284 e. The van der Waals surface area contributed by atoms with Gasteiger partial charge in [0.25, 0.3) is 11.8 Å². The van der Waals surface area contributed by atoms with E-state index >= 15 is 0 Å². The Morgan fingerprint density at radius 2 is 1.72 bits per heavy atom. The molecule has 12 heteroatoms. The van der Waals surface area contributed by atoms with Crippen molar-refractivity contribution in [3.63, 3.8) is 0 Å². The number of fused-ring (bicyclic) bond motifs is 1. The van der Waals surface area contributed by atoms with Gasteiger partial charge in [-0.05, 0) is 55.3 Å². The average molecular weight is 557 g/mol. The van der Waals surface area contributed by atoms with E-state index < -0.39 is 0 Å². The zero-order valence-electron chi connectivity index (χ0n) is 21.0. The number of anilines is 4. The van der Waals surface area contributed by atoms with Crippen molar-refractivity contribution in [1.82, 2.24) is 30.4 Å². The van der Waals surface area contributed by atoms with E-state index in [1.165, 1.54) is 11.3 Å². The lowest BCUT2D eigenvalue weighted by molar-refractivity contribution is 0.0791. The number of nitrogens with zero attached hydrogens (tertiary/aromatic N) is 5. The summed E-state index contributed by atoms with van der Waals surface area (Å²) in [6.07, 6.45) is 3.75. The number of carbonyl (C=O) groups excluding carboxylic acids is 2. The molecule has 2 aromatic carbocycles. The van der Waals surface area contributed by atoms with Crippen molar-refractivity contribution in [2.75, 3.05) is 30.8 Å². The third-order valence-electron chi connectivity index (χ3n) is 6.39. The Hall–Kier alpha value is -4.42. The molecule has 0 spiro atoms. The van der Waals surface area contributed by atoms with Crippen molar-refractivity contribution in [1.29, 1.82) is 0 Å². The van der Waals surface area contributed by atoms with Crippen LogP contribution in [0, 0.1) is 0 Å². The summed E-state index contributed by atoms with van der Waals surface area (Å²) in [5.74, 6) is 0.393. The molecule has 5 aromatic rings. The average Bonchev–Trinajstić information content (AvgIpc) is 3.75. The van der Waals surface area contributed by atoms with E-state index in [0.29, 0.717) is 27.0 Å². The molecule has 39 heavy (non-hydrogen) atoms. The van der Waals surface area contributed by atoms with E-state index in [4.69, 9.17) is 0 Å². The smallest absolute Gasteiger partial charge is 0.284 e. The number of amides is 2. The molecule has 0 aliphatic carbocycles. The predicted molar refractivity (Wildman–Crippen MR) is 154 cm³/mol. The Kier molecular flexibility index (Phi) is 6.86. The first kappa shape index (κ1) is 24.9. The first-order chi connectivity index (χ1) is 19.1.